The molecule has 2 heterocycles. The Bertz CT molecular complexity index is 972. The maximum Gasteiger partial charge on any atom is 0.226 e. The molecule has 0 spiro atoms. The number of thiazole rings is 1. The largest absolute Gasteiger partial charge is 0.493 e. The molecule has 1 aliphatic rings. The van der Waals surface area contributed by atoms with E-state index >= 15 is 0 Å². The fraction of sp³-hybridized carbons (Fsp3) is 0.300. The smallest absolute Gasteiger partial charge is 0.226 e. The van der Waals surface area contributed by atoms with Crippen LogP contribution in [-0.4, -0.2) is 48.6 Å². The van der Waals surface area contributed by atoms with Crippen LogP contribution in [0.5, 0.6) is 5.75 Å². The number of benzene rings is 2. The summed E-state index contributed by atoms with van der Waals surface area (Å²) >= 11 is 1.26. The molecule has 0 N–H and O–H groups in total. The number of amides is 1. The van der Waals surface area contributed by atoms with Gasteiger partial charge in [-0.3, -0.25) is 4.79 Å². The maximum absolute atomic E-state index is 13.9. The van der Waals surface area contributed by atoms with Gasteiger partial charge < -0.3 is 14.5 Å². The lowest BCUT2D eigenvalue weighted by Gasteiger charge is -2.34. The highest BCUT2D eigenvalue weighted by Crippen LogP contribution is 2.31. The van der Waals surface area contributed by atoms with E-state index in [2.05, 4.69) is 4.98 Å². The molecule has 5 nitrogen and oxygen atoms in total. The summed E-state index contributed by atoms with van der Waals surface area (Å²) in [4.78, 5) is 20.5. The summed E-state index contributed by atoms with van der Waals surface area (Å²) in [6.45, 7) is 2.68. The minimum absolute atomic E-state index is 0.0491. The second-order valence-electron chi connectivity index (χ2n) is 6.51. The van der Waals surface area contributed by atoms with E-state index in [-0.39, 0.29) is 11.4 Å². The molecule has 3 aromatic rings. The fourth-order valence-corrected chi connectivity index (χ4v) is 4.22. The zero-order valence-electron chi connectivity index (χ0n) is 15.1. The zero-order valence-corrected chi connectivity index (χ0v) is 15.9. The molecule has 1 saturated heterocycles. The second kappa shape index (κ2) is 8.10. The van der Waals surface area contributed by atoms with Crippen LogP contribution in [0.1, 0.15) is 6.42 Å². The minimum Gasteiger partial charge on any atom is -0.493 e. The number of para-hydroxylation sites is 1. The summed E-state index contributed by atoms with van der Waals surface area (Å²) in [6, 6.07) is 11.5. The first-order chi connectivity index (χ1) is 13.6. The molecule has 0 atom stereocenters. The van der Waals surface area contributed by atoms with Gasteiger partial charge in [-0.05, 0) is 18.2 Å². The third-order valence-electron chi connectivity index (χ3n) is 4.63. The number of hydrogen-bond acceptors (Lipinski definition) is 5. The molecular formula is C20H19F2N3O2S. The van der Waals surface area contributed by atoms with Gasteiger partial charge in [-0.15, -0.1) is 0 Å². The van der Waals surface area contributed by atoms with Gasteiger partial charge in [-0.2, -0.15) is 0 Å². The predicted octanol–water partition coefficient (Wildman–Crippen LogP) is 3.69. The summed E-state index contributed by atoms with van der Waals surface area (Å²) in [6.07, 6.45) is 0.320. The molecular weight excluding hydrogens is 384 g/mol. The highest BCUT2D eigenvalue weighted by molar-refractivity contribution is 7.22. The molecule has 0 saturated carbocycles. The molecule has 2 aromatic carbocycles. The van der Waals surface area contributed by atoms with Crippen molar-refractivity contribution in [3.8, 4) is 5.75 Å². The zero-order chi connectivity index (χ0) is 19.5. The number of rotatable bonds is 5. The Hall–Kier alpha value is -2.74. The number of halogens is 2. The second-order valence-corrected chi connectivity index (χ2v) is 7.52. The Morgan fingerprint density at radius 1 is 1.11 bits per heavy atom. The molecule has 4 rings (SSSR count). The Labute approximate surface area is 165 Å². The quantitative estimate of drug-likeness (QED) is 0.652. The van der Waals surface area contributed by atoms with Crippen molar-refractivity contribution in [1.29, 1.82) is 0 Å². The molecule has 146 valence electrons. The van der Waals surface area contributed by atoms with Crippen molar-refractivity contribution >= 4 is 32.6 Å². The lowest BCUT2D eigenvalue weighted by Crippen LogP contribution is -2.49. The van der Waals surface area contributed by atoms with Gasteiger partial charge in [0.15, 0.2) is 10.9 Å². The summed E-state index contributed by atoms with van der Waals surface area (Å²) in [5, 5.41) is 0.652. The molecule has 1 aromatic heterocycles. The number of fused-ring (bicyclic) bond motifs is 1. The minimum atomic E-state index is -0.648. The van der Waals surface area contributed by atoms with Crippen molar-refractivity contribution in [2.75, 3.05) is 37.7 Å². The number of carbonyl (C=O) groups is 1. The Morgan fingerprint density at radius 3 is 2.61 bits per heavy atom. The third-order valence-corrected chi connectivity index (χ3v) is 5.70. The van der Waals surface area contributed by atoms with Crippen LogP contribution in [0.3, 0.4) is 0 Å². The lowest BCUT2D eigenvalue weighted by atomic mass is 10.3. The summed E-state index contributed by atoms with van der Waals surface area (Å²) in [7, 11) is 0. The number of piperazine rings is 1. The van der Waals surface area contributed by atoms with E-state index < -0.39 is 11.6 Å². The number of carbonyl (C=O) groups excluding carboxylic acids is 1. The van der Waals surface area contributed by atoms with Crippen molar-refractivity contribution in [3.05, 3.63) is 54.1 Å². The molecule has 1 fully saturated rings. The lowest BCUT2D eigenvalue weighted by molar-refractivity contribution is -0.132. The van der Waals surface area contributed by atoms with Crippen LogP contribution >= 0.6 is 11.3 Å². The van der Waals surface area contributed by atoms with Crippen LogP contribution in [-0.2, 0) is 4.79 Å². The topological polar surface area (TPSA) is 45.7 Å². The van der Waals surface area contributed by atoms with E-state index in [4.69, 9.17) is 4.74 Å². The third kappa shape index (κ3) is 4.06. The number of ether oxygens (including phenoxy) is 1. The van der Waals surface area contributed by atoms with Crippen molar-refractivity contribution in [1.82, 2.24) is 9.88 Å². The van der Waals surface area contributed by atoms with Crippen molar-refractivity contribution in [3.63, 3.8) is 0 Å². The van der Waals surface area contributed by atoms with Crippen LogP contribution < -0.4 is 9.64 Å². The van der Waals surface area contributed by atoms with Gasteiger partial charge in [0, 0.05) is 32.2 Å². The van der Waals surface area contributed by atoms with Gasteiger partial charge in [0.25, 0.3) is 0 Å². The number of hydrogen-bond donors (Lipinski definition) is 0. The predicted molar refractivity (Wildman–Crippen MR) is 105 cm³/mol. The van der Waals surface area contributed by atoms with E-state index in [0.717, 1.165) is 11.8 Å². The van der Waals surface area contributed by atoms with Gasteiger partial charge in [0.05, 0.1) is 17.7 Å². The summed E-state index contributed by atoms with van der Waals surface area (Å²) in [5.41, 5.74) is 0.193. The van der Waals surface area contributed by atoms with Crippen LogP contribution in [0.25, 0.3) is 10.2 Å². The normalized spacial score (nSPS) is 14.5. The van der Waals surface area contributed by atoms with E-state index in [0.29, 0.717) is 49.0 Å². The van der Waals surface area contributed by atoms with Crippen molar-refractivity contribution in [2.24, 2.45) is 0 Å². The van der Waals surface area contributed by atoms with Gasteiger partial charge in [-0.25, -0.2) is 13.8 Å². The van der Waals surface area contributed by atoms with Crippen LogP contribution in [0.2, 0.25) is 0 Å². The maximum atomic E-state index is 13.9. The number of aromatic nitrogens is 1. The standard InChI is InChI=1S/C20H19F2N3O2S/c21-14-12-16(22)19-17(13-14)28-20(23-19)25-9-7-24(8-10-25)18(26)6-11-27-15-4-2-1-3-5-15/h1-5,12-13H,6-11H2. The first kappa shape index (κ1) is 18.6. The Balaban J connectivity index is 1.30. The SMILES string of the molecule is O=C(CCOc1ccccc1)N1CCN(c2nc3c(F)cc(F)cc3s2)CC1. The average molecular weight is 403 g/mol. The summed E-state index contributed by atoms with van der Waals surface area (Å²) < 4.78 is 33.3. The van der Waals surface area contributed by atoms with Gasteiger partial charge in [0.1, 0.15) is 17.1 Å². The first-order valence-corrected chi connectivity index (χ1v) is 9.88. The molecule has 0 unspecified atom stereocenters. The van der Waals surface area contributed by atoms with Gasteiger partial charge >= 0.3 is 0 Å². The van der Waals surface area contributed by atoms with Crippen molar-refractivity contribution < 1.29 is 18.3 Å². The molecule has 28 heavy (non-hydrogen) atoms. The first-order valence-electron chi connectivity index (χ1n) is 9.06. The molecule has 1 aliphatic heterocycles. The molecule has 8 heteroatoms. The Morgan fingerprint density at radius 2 is 1.86 bits per heavy atom. The van der Waals surface area contributed by atoms with Crippen LogP contribution in [0, 0.1) is 11.6 Å². The average Bonchev–Trinajstić information content (AvgIpc) is 3.13. The van der Waals surface area contributed by atoms with Crippen LogP contribution in [0.4, 0.5) is 13.9 Å². The molecule has 0 radical (unpaired) electrons. The monoisotopic (exact) mass is 403 g/mol. The van der Waals surface area contributed by atoms with Crippen molar-refractivity contribution in [2.45, 2.75) is 6.42 Å². The van der Waals surface area contributed by atoms with E-state index in [9.17, 15) is 13.6 Å². The van der Waals surface area contributed by atoms with E-state index in [1.54, 1.807) is 4.90 Å². The fourth-order valence-electron chi connectivity index (χ4n) is 3.16. The van der Waals surface area contributed by atoms with Gasteiger partial charge in [-0.1, -0.05) is 29.5 Å². The molecule has 1 amide bonds. The van der Waals surface area contributed by atoms with Crippen LogP contribution in [0.15, 0.2) is 42.5 Å². The van der Waals surface area contributed by atoms with E-state index in [1.807, 2.05) is 35.2 Å². The molecule has 0 bridgehead atoms. The van der Waals surface area contributed by atoms with Gasteiger partial charge in [0.2, 0.25) is 5.91 Å². The Kier molecular flexibility index (Phi) is 5.38. The highest BCUT2D eigenvalue weighted by atomic mass is 32.1. The van der Waals surface area contributed by atoms with E-state index in [1.165, 1.54) is 17.4 Å². The summed E-state index contributed by atoms with van der Waals surface area (Å²) in [5.74, 6) is -0.453. The number of nitrogens with zero attached hydrogens (tertiary/aromatic N) is 3. The molecule has 0 aliphatic carbocycles. The highest BCUT2D eigenvalue weighted by Gasteiger charge is 2.23. The number of anilines is 1.